The second kappa shape index (κ2) is 5.54. The lowest BCUT2D eigenvalue weighted by Crippen LogP contribution is -2.39. The van der Waals surface area contributed by atoms with Crippen LogP contribution in [0.1, 0.15) is 25.8 Å². The van der Waals surface area contributed by atoms with E-state index < -0.39 is 0 Å². The summed E-state index contributed by atoms with van der Waals surface area (Å²) >= 11 is 0. The van der Waals surface area contributed by atoms with E-state index in [-0.39, 0.29) is 0 Å². The summed E-state index contributed by atoms with van der Waals surface area (Å²) in [5, 5.41) is 0. The highest BCUT2D eigenvalue weighted by molar-refractivity contribution is 5.46. The minimum atomic E-state index is 0.840. The summed E-state index contributed by atoms with van der Waals surface area (Å²) in [6, 6.07) is 8.22. The molecule has 1 aromatic rings. The van der Waals surface area contributed by atoms with E-state index in [4.69, 9.17) is 5.73 Å². The van der Waals surface area contributed by atoms with Crippen LogP contribution < -0.4 is 5.73 Å². The van der Waals surface area contributed by atoms with E-state index in [0.717, 1.165) is 30.5 Å². The van der Waals surface area contributed by atoms with E-state index in [1.807, 2.05) is 12.1 Å². The third-order valence-electron chi connectivity index (χ3n) is 3.70. The molecule has 2 rings (SSSR count). The molecule has 2 unspecified atom stereocenters. The summed E-state index contributed by atoms with van der Waals surface area (Å²) in [6.07, 6.45) is 2.45. The van der Waals surface area contributed by atoms with Gasteiger partial charge in [-0.05, 0) is 36.3 Å². The smallest absolute Gasteiger partial charge is 0.0347 e. The summed E-state index contributed by atoms with van der Waals surface area (Å²) in [4.78, 5) is 2.59. The maximum atomic E-state index is 5.97. The Bertz CT molecular complexity index is 352. The number of likely N-dealkylation sites (tertiary alicyclic amines) is 1. The van der Waals surface area contributed by atoms with Gasteiger partial charge in [-0.1, -0.05) is 32.0 Å². The number of nitrogens with zero attached hydrogens (tertiary/aromatic N) is 1. The molecular weight excluding hydrogens is 208 g/mol. The number of piperidine rings is 1. The first kappa shape index (κ1) is 12.4. The van der Waals surface area contributed by atoms with Crippen molar-refractivity contribution >= 4 is 5.69 Å². The molecule has 1 aliphatic heterocycles. The Balaban J connectivity index is 1.88. The number of benzene rings is 1. The second-order valence-corrected chi connectivity index (χ2v) is 5.65. The first-order valence-electron chi connectivity index (χ1n) is 6.71. The molecule has 2 nitrogen and oxygen atoms in total. The Kier molecular flexibility index (Phi) is 4.06. The van der Waals surface area contributed by atoms with Gasteiger partial charge in [0, 0.05) is 25.3 Å². The highest BCUT2D eigenvalue weighted by atomic mass is 15.1. The Morgan fingerprint density at radius 2 is 1.82 bits per heavy atom. The van der Waals surface area contributed by atoms with E-state index in [1.54, 1.807) is 0 Å². The van der Waals surface area contributed by atoms with Gasteiger partial charge in [0.2, 0.25) is 0 Å². The normalized spacial score (nSPS) is 26.0. The number of hydrogen-bond donors (Lipinski definition) is 1. The number of nitrogens with two attached hydrogens (primary N) is 1. The van der Waals surface area contributed by atoms with Crippen LogP contribution in [0.3, 0.4) is 0 Å². The van der Waals surface area contributed by atoms with Crippen molar-refractivity contribution in [3.8, 4) is 0 Å². The third kappa shape index (κ3) is 3.47. The molecular formula is C15H24N2. The summed E-state index contributed by atoms with van der Waals surface area (Å²) in [7, 11) is 0. The fraction of sp³-hybridized carbons (Fsp3) is 0.600. The monoisotopic (exact) mass is 232 g/mol. The lowest BCUT2D eigenvalue weighted by atomic mass is 9.91. The van der Waals surface area contributed by atoms with Crippen molar-refractivity contribution in [1.82, 2.24) is 4.90 Å². The van der Waals surface area contributed by atoms with Crippen molar-refractivity contribution in [2.24, 2.45) is 11.8 Å². The van der Waals surface area contributed by atoms with Gasteiger partial charge in [0.1, 0.15) is 0 Å². The predicted octanol–water partition coefficient (Wildman–Crippen LogP) is 2.79. The number of rotatable bonds is 3. The molecule has 1 saturated heterocycles. The SMILES string of the molecule is CC1CC(C)CN(CCc2ccccc2N)C1. The molecule has 2 atom stereocenters. The van der Waals surface area contributed by atoms with Crippen molar-refractivity contribution in [2.75, 3.05) is 25.4 Å². The summed E-state index contributed by atoms with van der Waals surface area (Å²) in [5.41, 5.74) is 8.20. The molecule has 0 spiro atoms. The average molecular weight is 232 g/mol. The van der Waals surface area contributed by atoms with Gasteiger partial charge in [-0.3, -0.25) is 0 Å². The standard InChI is InChI=1S/C15H24N2/c1-12-9-13(2)11-17(10-12)8-7-14-5-3-4-6-15(14)16/h3-6,12-13H,7-11,16H2,1-2H3. The second-order valence-electron chi connectivity index (χ2n) is 5.65. The molecule has 1 fully saturated rings. The molecule has 2 heteroatoms. The molecule has 0 saturated carbocycles. The number of para-hydroxylation sites is 1. The van der Waals surface area contributed by atoms with E-state index in [2.05, 4.69) is 30.9 Å². The summed E-state index contributed by atoms with van der Waals surface area (Å²) in [6.45, 7) is 8.36. The lowest BCUT2D eigenvalue weighted by Gasteiger charge is -2.35. The molecule has 0 radical (unpaired) electrons. The number of hydrogen-bond acceptors (Lipinski definition) is 2. The minimum Gasteiger partial charge on any atom is -0.399 e. The Morgan fingerprint density at radius 1 is 1.18 bits per heavy atom. The van der Waals surface area contributed by atoms with Gasteiger partial charge in [0.25, 0.3) is 0 Å². The third-order valence-corrected chi connectivity index (χ3v) is 3.70. The molecule has 0 bridgehead atoms. The Morgan fingerprint density at radius 3 is 2.47 bits per heavy atom. The van der Waals surface area contributed by atoms with Gasteiger partial charge < -0.3 is 10.6 Å². The first-order valence-corrected chi connectivity index (χ1v) is 6.71. The molecule has 0 aromatic heterocycles. The highest BCUT2D eigenvalue weighted by Crippen LogP contribution is 2.21. The van der Waals surface area contributed by atoms with Gasteiger partial charge in [-0.2, -0.15) is 0 Å². The van der Waals surface area contributed by atoms with Crippen molar-refractivity contribution in [1.29, 1.82) is 0 Å². The van der Waals surface area contributed by atoms with Crippen LogP contribution in [0.4, 0.5) is 5.69 Å². The zero-order chi connectivity index (χ0) is 12.3. The molecule has 1 aromatic carbocycles. The first-order chi connectivity index (χ1) is 8.15. The van der Waals surface area contributed by atoms with Crippen LogP contribution in [0.5, 0.6) is 0 Å². The minimum absolute atomic E-state index is 0.840. The van der Waals surface area contributed by atoms with Crippen molar-refractivity contribution in [2.45, 2.75) is 26.7 Å². The predicted molar refractivity (Wildman–Crippen MR) is 73.9 cm³/mol. The summed E-state index contributed by atoms with van der Waals surface area (Å²) < 4.78 is 0. The molecule has 1 aliphatic rings. The molecule has 1 heterocycles. The van der Waals surface area contributed by atoms with Crippen LogP contribution in [0.25, 0.3) is 0 Å². The molecule has 17 heavy (non-hydrogen) atoms. The molecule has 2 N–H and O–H groups in total. The fourth-order valence-corrected chi connectivity index (χ4v) is 3.02. The van der Waals surface area contributed by atoms with E-state index in [0.29, 0.717) is 0 Å². The number of anilines is 1. The Hall–Kier alpha value is -1.02. The van der Waals surface area contributed by atoms with Gasteiger partial charge in [-0.15, -0.1) is 0 Å². The van der Waals surface area contributed by atoms with Gasteiger partial charge in [0.05, 0.1) is 0 Å². The van der Waals surface area contributed by atoms with Gasteiger partial charge in [0.15, 0.2) is 0 Å². The zero-order valence-corrected chi connectivity index (χ0v) is 11.0. The van der Waals surface area contributed by atoms with Crippen molar-refractivity contribution in [3.63, 3.8) is 0 Å². The van der Waals surface area contributed by atoms with Crippen LogP contribution in [-0.2, 0) is 6.42 Å². The Labute approximate surface area is 105 Å². The largest absolute Gasteiger partial charge is 0.399 e. The van der Waals surface area contributed by atoms with Crippen molar-refractivity contribution < 1.29 is 0 Å². The number of nitrogen functional groups attached to an aromatic ring is 1. The van der Waals surface area contributed by atoms with Crippen LogP contribution in [0.15, 0.2) is 24.3 Å². The highest BCUT2D eigenvalue weighted by Gasteiger charge is 2.21. The van der Waals surface area contributed by atoms with Crippen LogP contribution >= 0.6 is 0 Å². The quantitative estimate of drug-likeness (QED) is 0.812. The average Bonchev–Trinajstić information content (AvgIpc) is 2.27. The maximum absolute atomic E-state index is 5.97. The lowest BCUT2D eigenvalue weighted by molar-refractivity contribution is 0.142. The van der Waals surface area contributed by atoms with E-state index in [9.17, 15) is 0 Å². The van der Waals surface area contributed by atoms with Crippen LogP contribution in [0.2, 0.25) is 0 Å². The topological polar surface area (TPSA) is 29.3 Å². The van der Waals surface area contributed by atoms with Gasteiger partial charge >= 0.3 is 0 Å². The van der Waals surface area contributed by atoms with E-state index in [1.165, 1.54) is 25.1 Å². The molecule has 0 amide bonds. The van der Waals surface area contributed by atoms with Crippen LogP contribution in [0, 0.1) is 11.8 Å². The van der Waals surface area contributed by atoms with E-state index >= 15 is 0 Å². The van der Waals surface area contributed by atoms with Gasteiger partial charge in [-0.25, -0.2) is 0 Å². The maximum Gasteiger partial charge on any atom is 0.0347 e. The molecule has 0 aliphatic carbocycles. The molecule has 94 valence electrons. The van der Waals surface area contributed by atoms with Crippen molar-refractivity contribution in [3.05, 3.63) is 29.8 Å². The fourth-order valence-electron chi connectivity index (χ4n) is 3.02. The summed E-state index contributed by atoms with van der Waals surface area (Å²) in [5.74, 6) is 1.68. The van der Waals surface area contributed by atoms with Crippen LogP contribution in [-0.4, -0.2) is 24.5 Å². The zero-order valence-electron chi connectivity index (χ0n) is 11.0.